The molecule has 1 unspecified atom stereocenters. The summed E-state index contributed by atoms with van der Waals surface area (Å²) in [5, 5.41) is 7.72. The Kier molecular flexibility index (Phi) is 5.31. The molecule has 1 N–H and O–H groups in total. The summed E-state index contributed by atoms with van der Waals surface area (Å²) in [6, 6.07) is 2.13. The van der Waals surface area contributed by atoms with Crippen LogP contribution >= 0.6 is 0 Å². The fraction of sp³-hybridized carbons (Fsp3) is 0.636. The van der Waals surface area contributed by atoms with Gasteiger partial charge in [-0.15, -0.1) is 0 Å². The maximum absolute atomic E-state index is 13.0. The first-order chi connectivity index (χ1) is 14.3. The molecule has 1 atom stereocenters. The lowest BCUT2D eigenvalue weighted by atomic mass is 9.87. The second kappa shape index (κ2) is 8.22. The summed E-state index contributed by atoms with van der Waals surface area (Å²) in [6.07, 6.45) is 12.3. The number of aromatic nitrogens is 3. The maximum atomic E-state index is 13.0. The zero-order valence-corrected chi connectivity index (χ0v) is 16.9. The van der Waals surface area contributed by atoms with Crippen molar-refractivity contribution in [2.75, 3.05) is 13.1 Å². The molecule has 5 rings (SSSR count). The van der Waals surface area contributed by atoms with Crippen molar-refractivity contribution in [2.45, 2.75) is 76.3 Å². The summed E-state index contributed by atoms with van der Waals surface area (Å²) in [5.74, 6) is 1.62. The monoisotopic (exact) mass is 395 g/mol. The van der Waals surface area contributed by atoms with Gasteiger partial charge in [0.1, 0.15) is 5.82 Å². The largest absolute Gasteiger partial charge is 0.351 e. The Morgan fingerprint density at radius 3 is 2.83 bits per heavy atom. The number of rotatable bonds is 3. The molecule has 1 aliphatic carbocycles. The van der Waals surface area contributed by atoms with Gasteiger partial charge in [-0.2, -0.15) is 0 Å². The molecule has 2 aromatic rings. The van der Waals surface area contributed by atoms with Crippen LogP contribution in [0.3, 0.4) is 0 Å². The number of piperidine rings is 1. The molecule has 1 saturated heterocycles. The van der Waals surface area contributed by atoms with Crippen molar-refractivity contribution >= 4 is 5.91 Å². The average molecular weight is 396 g/mol. The molecule has 4 heterocycles. The van der Waals surface area contributed by atoms with Crippen LogP contribution in [0, 0.1) is 0 Å². The van der Waals surface area contributed by atoms with E-state index in [9.17, 15) is 4.79 Å². The van der Waals surface area contributed by atoms with E-state index in [4.69, 9.17) is 9.51 Å². The SMILES string of the molecule is O=C(c1cc(C2CCCCC2)no1)N1CCc2nc(C3CCCCN3)ncc2C1. The quantitative estimate of drug-likeness (QED) is 0.856. The zero-order valence-electron chi connectivity index (χ0n) is 16.9. The van der Waals surface area contributed by atoms with Crippen LogP contribution in [-0.2, 0) is 13.0 Å². The van der Waals surface area contributed by atoms with E-state index in [0.717, 1.165) is 55.0 Å². The molecule has 0 spiro atoms. The van der Waals surface area contributed by atoms with Gasteiger partial charge in [-0.05, 0) is 32.2 Å². The number of fused-ring (bicyclic) bond motifs is 1. The van der Waals surface area contributed by atoms with Crippen molar-refractivity contribution < 1.29 is 9.32 Å². The van der Waals surface area contributed by atoms with Gasteiger partial charge in [-0.1, -0.05) is 30.8 Å². The predicted octanol–water partition coefficient (Wildman–Crippen LogP) is 3.53. The van der Waals surface area contributed by atoms with Crippen LogP contribution in [0.25, 0.3) is 0 Å². The molecule has 3 aliphatic rings. The van der Waals surface area contributed by atoms with Crippen molar-refractivity contribution in [2.24, 2.45) is 0 Å². The molecule has 154 valence electrons. The Morgan fingerprint density at radius 1 is 1.14 bits per heavy atom. The normalized spacial score (nSPS) is 23.0. The van der Waals surface area contributed by atoms with E-state index in [0.29, 0.717) is 24.8 Å². The van der Waals surface area contributed by atoms with E-state index in [1.54, 1.807) is 0 Å². The fourth-order valence-electron chi connectivity index (χ4n) is 4.88. The van der Waals surface area contributed by atoms with Crippen LogP contribution < -0.4 is 5.32 Å². The van der Waals surface area contributed by atoms with Crippen LogP contribution in [0.2, 0.25) is 0 Å². The van der Waals surface area contributed by atoms with Crippen molar-refractivity contribution in [3.63, 3.8) is 0 Å². The lowest BCUT2D eigenvalue weighted by Gasteiger charge is -2.28. The van der Waals surface area contributed by atoms with Crippen LogP contribution in [0.1, 0.15) is 96.7 Å². The van der Waals surface area contributed by atoms with Gasteiger partial charge in [-0.25, -0.2) is 9.97 Å². The molecule has 2 aliphatic heterocycles. The predicted molar refractivity (Wildman–Crippen MR) is 107 cm³/mol. The number of carbonyl (C=O) groups is 1. The molecule has 1 amide bonds. The summed E-state index contributed by atoms with van der Waals surface area (Å²) in [6.45, 7) is 2.22. The lowest BCUT2D eigenvalue weighted by Crippen LogP contribution is -2.37. The van der Waals surface area contributed by atoms with E-state index in [1.807, 2.05) is 17.2 Å². The molecule has 0 aromatic carbocycles. The third-order valence-corrected chi connectivity index (χ3v) is 6.62. The van der Waals surface area contributed by atoms with E-state index in [1.165, 1.54) is 32.1 Å². The summed E-state index contributed by atoms with van der Waals surface area (Å²) >= 11 is 0. The highest BCUT2D eigenvalue weighted by atomic mass is 16.5. The van der Waals surface area contributed by atoms with Gasteiger partial charge < -0.3 is 14.7 Å². The Morgan fingerprint density at radius 2 is 2.00 bits per heavy atom. The van der Waals surface area contributed by atoms with E-state index in [-0.39, 0.29) is 11.9 Å². The van der Waals surface area contributed by atoms with Gasteiger partial charge >= 0.3 is 0 Å². The second-order valence-corrected chi connectivity index (χ2v) is 8.63. The second-order valence-electron chi connectivity index (χ2n) is 8.63. The fourth-order valence-corrected chi connectivity index (χ4v) is 4.88. The number of hydrogen-bond acceptors (Lipinski definition) is 6. The highest BCUT2D eigenvalue weighted by Crippen LogP contribution is 2.32. The van der Waals surface area contributed by atoms with E-state index >= 15 is 0 Å². The number of nitrogens with zero attached hydrogens (tertiary/aromatic N) is 4. The van der Waals surface area contributed by atoms with Crippen molar-refractivity contribution in [3.05, 3.63) is 40.8 Å². The average Bonchev–Trinajstić information content (AvgIpc) is 3.29. The Balaban J connectivity index is 1.27. The minimum atomic E-state index is -0.0803. The van der Waals surface area contributed by atoms with E-state index < -0.39 is 0 Å². The zero-order chi connectivity index (χ0) is 19.6. The first-order valence-electron chi connectivity index (χ1n) is 11.1. The first kappa shape index (κ1) is 18.7. The molecule has 2 fully saturated rings. The molecule has 7 nitrogen and oxygen atoms in total. The van der Waals surface area contributed by atoms with Crippen LogP contribution in [0.15, 0.2) is 16.8 Å². The minimum absolute atomic E-state index is 0.0803. The Hall–Kier alpha value is -2.28. The van der Waals surface area contributed by atoms with Crippen molar-refractivity contribution in [1.82, 2.24) is 25.3 Å². The van der Waals surface area contributed by atoms with Crippen LogP contribution in [0.4, 0.5) is 0 Å². The number of amides is 1. The number of hydrogen-bond donors (Lipinski definition) is 1. The maximum Gasteiger partial charge on any atom is 0.292 e. The summed E-state index contributed by atoms with van der Waals surface area (Å²) in [7, 11) is 0. The molecule has 7 heteroatoms. The molecule has 2 aromatic heterocycles. The Bertz CT molecular complexity index is 868. The topological polar surface area (TPSA) is 84.2 Å². The van der Waals surface area contributed by atoms with Crippen LogP contribution in [-0.4, -0.2) is 39.0 Å². The van der Waals surface area contributed by atoms with E-state index in [2.05, 4.69) is 15.5 Å². The van der Waals surface area contributed by atoms with Crippen molar-refractivity contribution in [1.29, 1.82) is 0 Å². The molecule has 1 saturated carbocycles. The Labute approximate surface area is 171 Å². The number of carbonyl (C=O) groups excluding carboxylic acids is 1. The summed E-state index contributed by atoms with van der Waals surface area (Å²) < 4.78 is 5.44. The third kappa shape index (κ3) is 3.92. The number of nitrogens with one attached hydrogen (secondary N) is 1. The highest BCUT2D eigenvalue weighted by molar-refractivity contribution is 5.91. The first-order valence-corrected chi connectivity index (χ1v) is 11.1. The standard InChI is InChI=1S/C22H29N5O2/c28-22(20-12-19(26-29-20)15-6-2-1-3-7-15)27-11-9-17-16(14-27)13-24-21(25-17)18-8-4-5-10-23-18/h12-13,15,18,23H,1-11,14H2. The highest BCUT2D eigenvalue weighted by Gasteiger charge is 2.28. The van der Waals surface area contributed by atoms with Crippen LogP contribution in [0.5, 0.6) is 0 Å². The molecule has 0 radical (unpaired) electrons. The van der Waals surface area contributed by atoms with Crippen molar-refractivity contribution in [3.8, 4) is 0 Å². The molecule has 29 heavy (non-hydrogen) atoms. The van der Waals surface area contributed by atoms with Gasteiger partial charge in [0, 0.05) is 43.3 Å². The van der Waals surface area contributed by atoms with Gasteiger partial charge in [0.05, 0.1) is 17.4 Å². The third-order valence-electron chi connectivity index (χ3n) is 6.62. The minimum Gasteiger partial charge on any atom is -0.351 e. The van der Waals surface area contributed by atoms with Gasteiger partial charge in [0.2, 0.25) is 5.76 Å². The smallest absolute Gasteiger partial charge is 0.292 e. The summed E-state index contributed by atoms with van der Waals surface area (Å²) in [4.78, 5) is 24.2. The van der Waals surface area contributed by atoms with Gasteiger partial charge in [-0.3, -0.25) is 4.79 Å². The molecular weight excluding hydrogens is 366 g/mol. The lowest BCUT2D eigenvalue weighted by molar-refractivity contribution is 0.0690. The molecule has 0 bridgehead atoms. The van der Waals surface area contributed by atoms with Gasteiger partial charge in [0.15, 0.2) is 0 Å². The molecular formula is C22H29N5O2. The summed E-state index contributed by atoms with van der Waals surface area (Å²) in [5.41, 5.74) is 3.06. The van der Waals surface area contributed by atoms with Gasteiger partial charge in [0.25, 0.3) is 5.91 Å².